The maximum absolute atomic E-state index is 12.8. The fourth-order valence-electron chi connectivity index (χ4n) is 1.84. The van der Waals surface area contributed by atoms with Gasteiger partial charge in [0.25, 0.3) is 5.91 Å². The van der Waals surface area contributed by atoms with Crippen LogP contribution >= 0.6 is 0 Å². The smallest absolute Gasteiger partial charge is 0.272 e. The first-order valence-electron chi connectivity index (χ1n) is 5.42. The Morgan fingerprint density at radius 2 is 2.11 bits per heavy atom. The monoisotopic (exact) mass is 255 g/mol. The lowest BCUT2D eigenvalue weighted by Gasteiger charge is -2.01. The van der Waals surface area contributed by atoms with Crippen LogP contribution in [0.25, 0.3) is 10.9 Å². The van der Waals surface area contributed by atoms with Gasteiger partial charge in [-0.25, -0.2) is 0 Å². The number of aromatic nitrogens is 3. The Hall–Kier alpha value is -1.92. The molecule has 94 valence electrons. The van der Waals surface area contributed by atoms with Gasteiger partial charge in [0.2, 0.25) is 0 Å². The van der Waals surface area contributed by atoms with E-state index in [0.717, 1.165) is 10.9 Å². The van der Waals surface area contributed by atoms with Gasteiger partial charge in [-0.05, 0) is 18.9 Å². The van der Waals surface area contributed by atoms with Gasteiger partial charge in [-0.2, -0.15) is 23.0 Å². The highest BCUT2D eigenvalue weighted by atomic mass is 19.4. The summed E-state index contributed by atoms with van der Waals surface area (Å²) in [5, 5.41) is 3.28. The standard InChI is InChI=1S/C11H8F3N3O/c12-11(13,14)9-7-5-15-4-3-8(7)17(16-9)10(18)6-1-2-6/h3-6H,1-2H2. The predicted molar refractivity (Wildman–Crippen MR) is 55.9 cm³/mol. The Morgan fingerprint density at radius 1 is 1.39 bits per heavy atom. The average Bonchev–Trinajstić information content (AvgIpc) is 3.07. The Kier molecular flexibility index (Phi) is 2.20. The zero-order valence-electron chi connectivity index (χ0n) is 9.11. The molecule has 4 nitrogen and oxygen atoms in total. The summed E-state index contributed by atoms with van der Waals surface area (Å²) in [6, 6.07) is 1.37. The number of halogens is 3. The molecule has 0 saturated heterocycles. The van der Waals surface area contributed by atoms with E-state index in [2.05, 4.69) is 10.1 Å². The van der Waals surface area contributed by atoms with E-state index in [1.54, 1.807) is 0 Å². The maximum Gasteiger partial charge on any atom is 0.435 e. The lowest BCUT2D eigenvalue weighted by molar-refractivity contribution is -0.140. The second-order valence-corrected chi connectivity index (χ2v) is 4.26. The number of alkyl halides is 3. The van der Waals surface area contributed by atoms with Gasteiger partial charge in [-0.15, -0.1) is 0 Å². The summed E-state index contributed by atoms with van der Waals surface area (Å²) < 4.78 is 39.2. The molecule has 0 aromatic carbocycles. The Balaban J connectivity index is 2.23. The number of pyridine rings is 1. The molecule has 0 amide bonds. The fourth-order valence-corrected chi connectivity index (χ4v) is 1.84. The van der Waals surface area contributed by atoms with Crippen LogP contribution in [-0.2, 0) is 6.18 Å². The Labute approximate surface area is 99.4 Å². The second kappa shape index (κ2) is 3.54. The van der Waals surface area contributed by atoms with Crippen LogP contribution in [0, 0.1) is 5.92 Å². The van der Waals surface area contributed by atoms with E-state index < -0.39 is 11.9 Å². The topological polar surface area (TPSA) is 47.8 Å². The summed E-state index contributed by atoms with van der Waals surface area (Å²) in [6.45, 7) is 0. The first kappa shape index (κ1) is 11.2. The minimum atomic E-state index is -4.59. The second-order valence-electron chi connectivity index (χ2n) is 4.26. The van der Waals surface area contributed by atoms with E-state index >= 15 is 0 Å². The van der Waals surface area contributed by atoms with Crippen LogP contribution in [0.15, 0.2) is 18.5 Å². The van der Waals surface area contributed by atoms with Crippen LogP contribution in [-0.4, -0.2) is 20.7 Å². The van der Waals surface area contributed by atoms with Crippen molar-refractivity contribution in [2.45, 2.75) is 19.0 Å². The summed E-state index contributed by atoms with van der Waals surface area (Å²) in [5.41, 5.74) is -0.895. The fraction of sp³-hybridized carbons (Fsp3) is 0.364. The average molecular weight is 255 g/mol. The third-order valence-corrected chi connectivity index (χ3v) is 2.89. The molecule has 1 fully saturated rings. The zero-order valence-corrected chi connectivity index (χ0v) is 9.11. The van der Waals surface area contributed by atoms with Crippen LogP contribution < -0.4 is 0 Å². The molecule has 2 aromatic rings. The number of carbonyl (C=O) groups is 1. The minimum absolute atomic E-state index is 0.140. The molecule has 2 heterocycles. The molecule has 0 aliphatic heterocycles. The van der Waals surface area contributed by atoms with Gasteiger partial charge in [0.05, 0.1) is 10.9 Å². The molecule has 0 unspecified atom stereocenters. The van der Waals surface area contributed by atoms with E-state index in [0.29, 0.717) is 12.8 Å². The predicted octanol–water partition coefficient (Wildman–Crippen LogP) is 2.50. The summed E-state index contributed by atoms with van der Waals surface area (Å²) in [7, 11) is 0. The Bertz CT molecular complexity index is 628. The van der Waals surface area contributed by atoms with Crippen LogP contribution in [0.5, 0.6) is 0 Å². The number of carbonyl (C=O) groups excluding carboxylic acids is 1. The van der Waals surface area contributed by atoms with Crippen molar-refractivity contribution in [3.8, 4) is 0 Å². The third kappa shape index (κ3) is 1.66. The minimum Gasteiger partial charge on any atom is -0.272 e. The number of rotatable bonds is 1. The van der Waals surface area contributed by atoms with Gasteiger partial charge < -0.3 is 0 Å². The highest BCUT2D eigenvalue weighted by molar-refractivity contribution is 5.94. The van der Waals surface area contributed by atoms with E-state index in [1.807, 2.05) is 0 Å². The van der Waals surface area contributed by atoms with Gasteiger partial charge in [0.1, 0.15) is 0 Å². The molecule has 1 aliphatic rings. The number of hydrogen-bond donors (Lipinski definition) is 0. The largest absolute Gasteiger partial charge is 0.435 e. The molecule has 0 spiro atoms. The molecule has 18 heavy (non-hydrogen) atoms. The number of hydrogen-bond acceptors (Lipinski definition) is 3. The van der Waals surface area contributed by atoms with E-state index in [4.69, 9.17) is 0 Å². The van der Waals surface area contributed by atoms with E-state index in [1.165, 1.54) is 12.3 Å². The van der Waals surface area contributed by atoms with Gasteiger partial charge in [0.15, 0.2) is 5.69 Å². The molecule has 7 heteroatoms. The summed E-state index contributed by atoms with van der Waals surface area (Å²) in [6.07, 6.45) is -0.724. The van der Waals surface area contributed by atoms with Crippen LogP contribution in [0.4, 0.5) is 13.2 Å². The molecule has 0 bridgehead atoms. The lowest BCUT2D eigenvalue weighted by Crippen LogP contribution is -2.15. The zero-order chi connectivity index (χ0) is 12.9. The molecule has 0 atom stereocenters. The van der Waals surface area contributed by atoms with Crippen LogP contribution in [0.1, 0.15) is 23.3 Å². The highest BCUT2D eigenvalue weighted by Gasteiger charge is 2.39. The summed E-state index contributed by atoms with van der Waals surface area (Å²) >= 11 is 0. The Morgan fingerprint density at radius 3 is 2.72 bits per heavy atom. The molecular formula is C11H8F3N3O. The van der Waals surface area contributed by atoms with E-state index in [-0.39, 0.29) is 22.7 Å². The molecule has 0 radical (unpaired) electrons. The third-order valence-electron chi connectivity index (χ3n) is 2.89. The van der Waals surface area contributed by atoms with Crippen molar-refractivity contribution in [1.82, 2.24) is 14.8 Å². The van der Waals surface area contributed by atoms with Crippen molar-refractivity contribution in [2.24, 2.45) is 5.92 Å². The normalized spacial score (nSPS) is 16.2. The van der Waals surface area contributed by atoms with Crippen molar-refractivity contribution in [3.63, 3.8) is 0 Å². The lowest BCUT2D eigenvalue weighted by atomic mass is 10.2. The van der Waals surface area contributed by atoms with E-state index in [9.17, 15) is 18.0 Å². The molecular weight excluding hydrogens is 247 g/mol. The number of nitrogens with zero attached hydrogens (tertiary/aromatic N) is 3. The van der Waals surface area contributed by atoms with Crippen LogP contribution in [0.2, 0.25) is 0 Å². The number of fused-ring (bicyclic) bond motifs is 1. The van der Waals surface area contributed by atoms with Crippen molar-refractivity contribution >= 4 is 16.8 Å². The highest BCUT2D eigenvalue weighted by Crippen LogP contribution is 2.36. The van der Waals surface area contributed by atoms with Gasteiger partial charge >= 0.3 is 6.18 Å². The van der Waals surface area contributed by atoms with Gasteiger partial charge in [0, 0.05) is 18.3 Å². The molecule has 1 saturated carbocycles. The summed E-state index contributed by atoms with van der Waals surface area (Å²) in [5.74, 6) is -0.566. The quantitative estimate of drug-likeness (QED) is 0.786. The van der Waals surface area contributed by atoms with Crippen molar-refractivity contribution in [1.29, 1.82) is 0 Å². The van der Waals surface area contributed by atoms with Crippen molar-refractivity contribution in [3.05, 3.63) is 24.2 Å². The first-order valence-corrected chi connectivity index (χ1v) is 5.42. The summed E-state index contributed by atoms with van der Waals surface area (Å²) in [4.78, 5) is 15.5. The molecule has 1 aliphatic carbocycles. The van der Waals surface area contributed by atoms with Crippen LogP contribution in [0.3, 0.4) is 0 Å². The SMILES string of the molecule is O=C(C1CC1)n1nc(C(F)(F)F)c2cnccc21. The van der Waals surface area contributed by atoms with Crippen molar-refractivity contribution < 1.29 is 18.0 Å². The maximum atomic E-state index is 12.8. The van der Waals surface area contributed by atoms with Gasteiger partial charge in [-0.1, -0.05) is 0 Å². The van der Waals surface area contributed by atoms with Gasteiger partial charge in [-0.3, -0.25) is 9.78 Å². The first-order chi connectivity index (χ1) is 8.48. The molecule has 2 aromatic heterocycles. The molecule has 0 N–H and O–H groups in total. The molecule has 3 rings (SSSR count). The van der Waals surface area contributed by atoms with Crippen molar-refractivity contribution in [2.75, 3.05) is 0 Å².